The molecule has 1 atom stereocenters. The molecule has 1 amide bonds. The Kier molecular flexibility index (Phi) is 4.84. The quantitative estimate of drug-likeness (QED) is 0.868. The summed E-state index contributed by atoms with van der Waals surface area (Å²) in [7, 11) is 0. The highest BCUT2D eigenvalue weighted by molar-refractivity contribution is 5.82. The van der Waals surface area contributed by atoms with Gasteiger partial charge in [0.25, 0.3) is 6.43 Å². The molecule has 1 heterocycles. The second-order valence-electron chi connectivity index (χ2n) is 4.57. The van der Waals surface area contributed by atoms with E-state index in [1.165, 1.54) is 12.1 Å². The van der Waals surface area contributed by atoms with Gasteiger partial charge in [0.1, 0.15) is 11.9 Å². The van der Waals surface area contributed by atoms with Crippen LogP contribution in [-0.2, 0) is 4.79 Å². The van der Waals surface area contributed by atoms with Gasteiger partial charge in [0.2, 0.25) is 5.91 Å². The Morgan fingerprint density at radius 1 is 1.40 bits per heavy atom. The Labute approximate surface area is 114 Å². The number of halogens is 3. The lowest BCUT2D eigenvalue weighted by atomic mass is 10.1. The number of rotatable bonds is 4. The minimum absolute atomic E-state index is 0.324. The number of carbonyl (C=O) groups is 1. The van der Waals surface area contributed by atoms with E-state index >= 15 is 0 Å². The first-order valence-corrected chi connectivity index (χ1v) is 6.36. The molecule has 1 fully saturated rings. The van der Waals surface area contributed by atoms with E-state index in [-0.39, 0.29) is 5.82 Å². The summed E-state index contributed by atoms with van der Waals surface area (Å²) in [6, 6.07) is 5.42. The molecule has 0 aliphatic carbocycles. The van der Waals surface area contributed by atoms with E-state index in [1.54, 1.807) is 12.1 Å². The smallest absolute Gasteiger partial charge is 0.255 e. The minimum Gasteiger partial charge on any atom is -0.368 e. The summed E-state index contributed by atoms with van der Waals surface area (Å²) in [6.07, 6.45) is -2.56. The van der Waals surface area contributed by atoms with Gasteiger partial charge in [-0.15, -0.1) is 0 Å². The fourth-order valence-electron chi connectivity index (χ4n) is 2.11. The molecule has 4 nitrogen and oxygen atoms in total. The molecule has 0 radical (unpaired) electrons. The second-order valence-corrected chi connectivity index (χ2v) is 4.57. The van der Waals surface area contributed by atoms with Crippen molar-refractivity contribution >= 4 is 11.6 Å². The molecule has 1 aromatic carbocycles. The topological polar surface area (TPSA) is 44.4 Å². The molecule has 20 heavy (non-hydrogen) atoms. The third kappa shape index (κ3) is 3.86. The Bertz CT molecular complexity index is 453. The lowest BCUT2D eigenvalue weighted by molar-refractivity contribution is -0.123. The number of amides is 1. The van der Waals surface area contributed by atoms with Gasteiger partial charge >= 0.3 is 0 Å². The van der Waals surface area contributed by atoms with Gasteiger partial charge < -0.3 is 15.5 Å². The van der Waals surface area contributed by atoms with Crippen molar-refractivity contribution in [3.8, 4) is 0 Å². The Morgan fingerprint density at radius 3 is 2.75 bits per heavy atom. The van der Waals surface area contributed by atoms with Crippen molar-refractivity contribution in [1.29, 1.82) is 0 Å². The average Bonchev–Trinajstić information content (AvgIpc) is 2.45. The van der Waals surface area contributed by atoms with Gasteiger partial charge in [0, 0.05) is 25.3 Å². The van der Waals surface area contributed by atoms with Gasteiger partial charge in [-0.25, -0.2) is 13.2 Å². The summed E-state index contributed by atoms with van der Waals surface area (Å²) in [4.78, 5) is 13.7. The lowest BCUT2D eigenvalue weighted by Gasteiger charge is -2.34. The zero-order chi connectivity index (χ0) is 14.5. The van der Waals surface area contributed by atoms with E-state index < -0.39 is 24.9 Å². The number of piperazine rings is 1. The van der Waals surface area contributed by atoms with Crippen LogP contribution in [0.5, 0.6) is 0 Å². The van der Waals surface area contributed by atoms with Crippen molar-refractivity contribution in [1.82, 2.24) is 10.6 Å². The van der Waals surface area contributed by atoms with Crippen molar-refractivity contribution in [2.24, 2.45) is 0 Å². The van der Waals surface area contributed by atoms with E-state index in [9.17, 15) is 18.0 Å². The molecule has 2 N–H and O–H groups in total. The van der Waals surface area contributed by atoms with Crippen LogP contribution in [0.4, 0.5) is 18.9 Å². The van der Waals surface area contributed by atoms with Crippen LogP contribution in [-0.4, -0.2) is 44.6 Å². The number of benzene rings is 1. The van der Waals surface area contributed by atoms with E-state index in [0.717, 1.165) is 5.69 Å². The standard InChI is InChI=1S/C13H16F3N3O/c14-9-1-3-10(4-2-9)19-6-5-17-11(8-19)13(20)18-7-12(15)16/h1-4,11-12,17H,5-8H2,(H,18,20). The normalized spacial score (nSPS) is 19.2. The summed E-state index contributed by atoms with van der Waals surface area (Å²) in [6.45, 7) is 0.947. The van der Waals surface area contributed by atoms with Gasteiger partial charge in [0.05, 0.1) is 6.54 Å². The summed E-state index contributed by atoms with van der Waals surface area (Å²) in [5.74, 6) is -0.771. The fraction of sp³-hybridized carbons (Fsp3) is 0.462. The van der Waals surface area contributed by atoms with E-state index in [4.69, 9.17) is 0 Å². The van der Waals surface area contributed by atoms with Gasteiger partial charge in [-0.1, -0.05) is 0 Å². The molecule has 1 saturated heterocycles. The van der Waals surface area contributed by atoms with Gasteiger partial charge in [-0.2, -0.15) is 0 Å². The minimum atomic E-state index is -2.56. The van der Waals surface area contributed by atoms with Gasteiger partial charge in [0.15, 0.2) is 0 Å². The largest absolute Gasteiger partial charge is 0.368 e. The molecule has 1 aliphatic rings. The summed E-state index contributed by atoms with van der Waals surface area (Å²) >= 11 is 0. The Hall–Kier alpha value is -1.76. The molecule has 0 saturated carbocycles. The van der Waals surface area contributed by atoms with Crippen LogP contribution in [0, 0.1) is 5.82 Å². The zero-order valence-corrected chi connectivity index (χ0v) is 10.8. The van der Waals surface area contributed by atoms with Gasteiger partial charge in [-0.05, 0) is 24.3 Å². The highest BCUT2D eigenvalue weighted by Gasteiger charge is 2.25. The third-order valence-corrected chi connectivity index (χ3v) is 3.11. The van der Waals surface area contributed by atoms with Crippen LogP contribution in [0.15, 0.2) is 24.3 Å². The number of alkyl halides is 2. The zero-order valence-electron chi connectivity index (χ0n) is 10.8. The van der Waals surface area contributed by atoms with Crippen LogP contribution in [0.1, 0.15) is 0 Å². The predicted molar refractivity (Wildman–Crippen MR) is 69.4 cm³/mol. The highest BCUT2D eigenvalue weighted by atomic mass is 19.3. The third-order valence-electron chi connectivity index (χ3n) is 3.11. The van der Waals surface area contributed by atoms with Crippen LogP contribution >= 0.6 is 0 Å². The van der Waals surface area contributed by atoms with Crippen molar-refractivity contribution in [2.45, 2.75) is 12.5 Å². The molecule has 1 unspecified atom stereocenters. The number of carbonyl (C=O) groups excluding carboxylic acids is 1. The number of nitrogens with zero attached hydrogens (tertiary/aromatic N) is 1. The summed E-state index contributed by atoms with van der Waals surface area (Å²) < 4.78 is 37.0. The van der Waals surface area contributed by atoms with Crippen LogP contribution < -0.4 is 15.5 Å². The number of anilines is 1. The maximum absolute atomic E-state index is 12.9. The Balaban J connectivity index is 1.94. The van der Waals surface area contributed by atoms with Crippen LogP contribution in [0.2, 0.25) is 0 Å². The maximum atomic E-state index is 12.9. The van der Waals surface area contributed by atoms with Crippen molar-refractivity contribution in [3.63, 3.8) is 0 Å². The maximum Gasteiger partial charge on any atom is 0.255 e. The second kappa shape index (κ2) is 6.60. The van der Waals surface area contributed by atoms with Crippen molar-refractivity contribution < 1.29 is 18.0 Å². The highest BCUT2D eigenvalue weighted by Crippen LogP contribution is 2.16. The molecule has 1 aromatic rings. The van der Waals surface area contributed by atoms with Gasteiger partial charge in [-0.3, -0.25) is 4.79 Å². The number of hydrogen-bond acceptors (Lipinski definition) is 3. The number of hydrogen-bond donors (Lipinski definition) is 2. The summed E-state index contributed by atoms with van der Waals surface area (Å²) in [5, 5.41) is 5.18. The van der Waals surface area contributed by atoms with E-state index in [1.807, 2.05) is 4.90 Å². The molecule has 7 heteroatoms. The molecule has 110 valence electrons. The first-order valence-electron chi connectivity index (χ1n) is 6.36. The van der Waals surface area contributed by atoms with Crippen LogP contribution in [0.25, 0.3) is 0 Å². The summed E-state index contributed by atoms with van der Waals surface area (Å²) in [5.41, 5.74) is 0.805. The molecular formula is C13H16F3N3O. The van der Waals surface area contributed by atoms with Crippen molar-refractivity contribution in [3.05, 3.63) is 30.1 Å². The Morgan fingerprint density at radius 2 is 2.10 bits per heavy atom. The molecule has 0 spiro atoms. The SMILES string of the molecule is O=C(NCC(F)F)C1CN(c2ccc(F)cc2)CCN1. The predicted octanol–water partition coefficient (Wildman–Crippen LogP) is 0.985. The van der Waals surface area contributed by atoms with Crippen molar-refractivity contribution in [2.75, 3.05) is 31.1 Å². The monoisotopic (exact) mass is 287 g/mol. The molecule has 0 aromatic heterocycles. The first-order chi connectivity index (χ1) is 9.56. The molecule has 0 bridgehead atoms. The van der Waals surface area contributed by atoms with E-state index in [2.05, 4.69) is 10.6 Å². The lowest BCUT2D eigenvalue weighted by Crippen LogP contribution is -2.57. The first kappa shape index (κ1) is 14.6. The van der Waals surface area contributed by atoms with E-state index in [0.29, 0.717) is 19.6 Å². The molecular weight excluding hydrogens is 271 g/mol. The molecule has 2 rings (SSSR count). The average molecular weight is 287 g/mol. The number of nitrogens with one attached hydrogen (secondary N) is 2. The molecule has 1 aliphatic heterocycles. The van der Waals surface area contributed by atoms with Crippen LogP contribution in [0.3, 0.4) is 0 Å². The fourth-order valence-corrected chi connectivity index (χ4v) is 2.11.